The predicted octanol–water partition coefficient (Wildman–Crippen LogP) is 2.26. The van der Waals surface area contributed by atoms with E-state index in [9.17, 15) is 20.6 Å². The Kier molecular flexibility index (Phi) is 6.25. The van der Waals surface area contributed by atoms with Crippen LogP contribution >= 0.6 is 0 Å². The van der Waals surface area contributed by atoms with Crippen LogP contribution in [0.25, 0.3) is 0 Å². The maximum absolute atomic E-state index is 10.1. The fourth-order valence-corrected chi connectivity index (χ4v) is 3.50. The van der Waals surface area contributed by atoms with Crippen LogP contribution in [0.4, 0.5) is 0 Å². The second-order valence-electron chi connectivity index (χ2n) is 7.01. The van der Waals surface area contributed by atoms with Crippen LogP contribution in [0.2, 0.25) is 0 Å². The summed E-state index contributed by atoms with van der Waals surface area (Å²) in [6, 6.07) is 16.1. The van der Waals surface area contributed by atoms with Gasteiger partial charge >= 0.3 is 0 Å². The van der Waals surface area contributed by atoms with E-state index in [0.717, 1.165) is 23.1 Å². The van der Waals surface area contributed by atoms with E-state index in [1.807, 2.05) is 12.1 Å². The molecule has 27 heavy (non-hydrogen) atoms. The van der Waals surface area contributed by atoms with Crippen molar-refractivity contribution in [3.63, 3.8) is 0 Å². The molecular formula is C22H25NO4. The molecule has 0 aromatic heterocycles. The van der Waals surface area contributed by atoms with E-state index in [2.05, 4.69) is 37.3 Å². The largest absolute Gasteiger partial charge is 0.394 e. The number of hydrogen-bond donors (Lipinski definition) is 3. The van der Waals surface area contributed by atoms with Gasteiger partial charge in [-0.05, 0) is 41.2 Å². The number of nitrogens with zero attached hydrogens (tertiary/aromatic N) is 1. The summed E-state index contributed by atoms with van der Waals surface area (Å²) < 4.78 is 5.77. The first-order chi connectivity index (χ1) is 13.0. The highest BCUT2D eigenvalue weighted by Gasteiger charge is 2.37. The number of hydrogen-bond acceptors (Lipinski definition) is 5. The molecule has 3 N–H and O–H groups in total. The van der Waals surface area contributed by atoms with Crippen LogP contribution in [0.15, 0.2) is 42.5 Å². The molecule has 1 heterocycles. The van der Waals surface area contributed by atoms with Gasteiger partial charge in [0.2, 0.25) is 0 Å². The van der Waals surface area contributed by atoms with Crippen molar-refractivity contribution in [2.45, 2.75) is 50.6 Å². The third-order valence-corrected chi connectivity index (χ3v) is 5.20. The topological polar surface area (TPSA) is 93.7 Å². The third-order valence-electron chi connectivity index (χ3n) is 5.20. The highest BCUT2D eigenvalue weighted by molar-refractivity contribution is 5.44. The number of aliphatic hydroxyl groups excluding tert-OH is 3. The molecule has 2 aromatic carbocycles. The molecule has 0 radical (unpaired) electrons. The van der Waals surface area contributed by atoms with Crippen molar-refractivity contribution in [1.82, 2.24) is 0 Å². The Bertz CT molecular complexity index is 812. The molecule has 142 valence electrons. The average Bonchev–Trinajstić information content (AvgIpc) is 2.70. The van der Waals surface area contributed by atoms with Gasteiger partial charge in [0.1, 0.15) is 12.2 Å². The van der Waals surface area contributed by atoms with Crippen LogP contribution in [0.5, 0.6) is 0 Å². The van der Waals surface area contributed by atoms with Crippen molar-refractivity contribution in [1.29, 1.82) is 5.26 Å². The maximum Gasteiger partial charge on any atom is 0.110 e. The number of ether oxygens (including phenoxy) is 1. The Labute approximate surface area is 159 Å². The molecule has 1 unspecified atom stereocenters. The zero-order valence-corrected chi connectivity index (χ0v) is 15.4. The lowest BCUT2D eigenvalue weighted by Gasteiger charge is -2.36. The van der Waals surface area contributed by atoms with Gasteiger partial charge in [-0.2, -0.15) is 5.26 Å². The first-order valence-electron chi connectivity index (χ1n) is 9.28. The summed E-state index contributed by atoms with van der Waals surface area (Å²) in [5.74, 6) is 0. The van der Waals surface area contributed by atoms with Gasteiger partial charge in [0.15, 0.2) is 0 Å². The quantitative estimate of drug-likeness (QED) is 0.754. The molecule has 0 aliphatic carbocycles. The van der Waals surface area contributed by atoms with E-state index in [4.69, 9.17) is 4.74 Å². The predicted molar refractivity (Wildman–Crippen MR) is 101 cm³/mol. The first kappa shape index (κ1) is 19.5. The molecule has 5 nitrogen and oxygen atoms in total. The smallest absolute Gasteiger partial charge is 0.110 e. The van der Waals surface area contributed by atoms with E-state index >= 15 is 0 Å². The van der Waals surface area contributed by atoms with Gasteiger partial charge in [-0.25, -0.2) is 0 Å². The molecule has 2 aromatic rings. The van der Waals surface area contributed by atoms with E-state index in [1.165, 1.54) is 5.56 Å². The van der Waals surface area contributed by atoms with Gasteiger partial charge in [0.05, 0.1) is 30.4 Å². The Hall–Kier alpha value is -2.23. The molecule has 0 bridgehead atoms. The minimum absolute atomic E-state index is 0.244. The van der Waals surface area contributed by atoms with Crippen molar-refractivity contribution in [2.24, 2.45) is 0 Å². The summed E-state index contributed by atoms with van der Waals surface area (Å²) in [6.07, 6.45) is -1.45. The van der Waals surface area contributed by atoms with Crippen LogP contribution in [0.3, 0.4) is 0 Å². The summed E-state index contributed by atoms with van der Waals surface area (Å²) >= 11 is 0. The summed E-state index contributed by atoms with van der Waals surface area (Å²) in [5.41, 5.74) is 4.72. The maximum atomic E-state index is 10.1. The Morgan fingerprint density at radius 3 is 2.44 bits per heavy atom. The van der Waals surface area contributed by atoms with Gasteiger partial charge < -0.3 is 20.1 Å². The minimum Gasteiger partial charge on any atom is -0.394 e. The third kappa shape index (κ3) is 4.37. The van der Waals surface area contributed by atoms with Crippen LogP contribution < -0.4 is 0 Å². The molecule has 5 heteroatoms. The second kappa shape index (κ2) is 8.64. The normalized spacial score (nSPS) is 25.1. The molecule has 1 saturated heterocycles. The first-order valence-corrected chi connectivity index (χ1v) is 9.28. The Balaban J connectivity index is 1.85. The summed E-state index contributed by atoms with van der Waals surface area (Å²) in [4.78, 5) is 0. The van der Waals surface area contributed by atoms with Gasteiger partial charge in [-0.1, -0.05) is 43.3 Å². The SMILES string of the molecule is CCc1ccc(Cc2cc([C@H]3C[C@@H](O)C(O)[C@@H](CO)O3)ccc2C#N)cc1. The van der Waals surface area contributed by atoms with Gasteiger partial charge in [-0.3, -0.25) is 0 Å². The Morgan fingerprint density at radius 1 is 1.11 bits per heavy atom. The lowest BCUT2D eigenvalue weighted by molar-refractivity contribution is -0.181. The van der Waals surface area contributed by atoms with E-state index in [0.29, 0.717) is 12.0 Å². The highest BCUT2D eigenvalue weighted by atomic mass is 16.5. The van der Waals surface area contributed by atoms with Gasteiger partial charge in [0.25, 0.3) is 0 Å². The monoisotopic (exact) mass is 367 g/mol. The zero-order valence-electron chi connectivity index (χ0n) is 15.4. The van der Waals surface area contributed by atoms with Crippen molar-refractivity contribution >= 4 is 0 Å². The van der Waals surface area contributed by atoms with Crippen LogP contribution in [0, 0.1) is 11.3 Å². The lowest BCUT2D eigenvalue weighted by Crippen LogP contribution is -2.47. The molecule has 1 aliphatic rings. The molecule has 0 saturated carbocycles. The fourth-order valence-electron chi connectivity index (χ4n) is 3.50. The summed E-state index contributed by atoms with van der Waals surface area (Å²) in [6.45, 7) is 1.75. The van der Waals surface area contributed by atoms with Crippen LogP contribution in [-0.4, -0.2) is 40.2 Å². The van der Waals surface area contributed by atoms with E-state index < -0.39 is 24.4 Å². The number of nitriles is 1. The van der Waals surface area contributed by atoms with Gasteiger partial charge in [-0.15, -0.1) is 0 Å². The zero-order chi connectivity index (χ0) is 19.4. The van der Waals surface area contributed by atoms with Gasteiger partial charge in [0, 0.05) is 6.42 Å². The van der Waals surface area contributed by atoms with Crippen molar-refractivity contribution < 1.29 is 20.1 Å². The number of aryl methyl sites for hydroxylation is 1. The fraction of sp³-hybridized carbons (Fsp3) is 0.409. The molecule has 0 spiro atoms. The number of benzene rings is 2. The van der Waals surface area contributed by atoms with Crippen molar-refractivity contribution in [3.8, 4) is 6.07 Å². The summed E-state index contributed by atoms with van der Waals surface area (Å²) in [7, 11) is 0. The molecular weight excluding hydrogens is 342 g/mol. The van der Waals surface area contributed by atoms with E-state index in [1.54, 1.807) is 6.07 Å². The second-order valence-corrected chi connectivity index (χ2v) is 7.01. The molecule has 1 aliphatic heterocycles. The molecule has 4 atom stereocenters. The van der Waals surface area contributed by atoms with Crippen molar-refractivity contribution in [2.75, 3.05) is 6.61 Å². The molecule has 1 fully saturated rings. The number of rotatable bonds is 5. The highest BCUT2D eigenvalue weighted by Crippen LogP contribution is 2.33. The van der Waals surface area contributed by atoms with E-state index in [-0.39, 0.29) is 13.0 Å². The standard InChI is InChI=1S/C22H25NO4/c1-2-14-3-5-15(6-4-14)9-18-10-16(7-8-17(18)12-23)20-11-19(25)22(26)21(13-24)27-20/h3-8,10,19-22,24-26H,2,9,11,13H2,1H3/t19-,20-,21-,22?/m1/s1. The number of aliphatic hydroxyl groups is 3. The summed E-state index contributed by atoms with van der Waals surface area (Å²) in [5, 5.41) is 38.8. The molecule has 0 amide bonds. The van der Waals surface area contributed by atoms with Crippen LogP contribution in [-0.2, 0) is 17.6 Å². The Morgan fingerprint density at radius 2 is 1.81 bits per heavy atom. The van der Waals surface area contributed by atoms with Crippen molar-refractivity contribution in [3.05, 3.63) is 70.3 Å². The average molecular weight is 367 g/mol. The minimum atomic E-state index is -1.10. The van der Waals surface area contributed by atoms with Crippen LogP contribution in [0.1, 0.15) is 47.3 Å². The molecule has 3 rings (SSSR count). The lowest BCUT2D eigenvalue weighted by atomic mass is 9.91.